The minimum Gasteiger partial charge on any atom is -0.231 e. The average Bonchev–Trinajstić information content (AvgIpc) is 3.02. The number of rotatable bonds is 1. The molecule has 0 aliphatic heterocycles. The van der Waals surface area contributed by atoms with Gasteiger partial charge in [-0.3, -0.25) is 0 Å². The van der Waals surface area contributed by atoms with Crippen molar-refractivity contribution >= 4 is 38.4 Å². The lowest BCUT2D eigenvalue weighted by molar-refractivity contribution is 0.947. The normalized spacial score (nSPS) is 15.9. The fourth-order valence-corrected chi connectivity index (χ4v) is 2.31. The van der Waals surface area contributed by atoms with E-state index in [9.17, 15) is 0 Å². The lowest BCUT2D eigenvalue weighted by Gasteiger charge is -2.04. The lowest BCUT2D eigenvalue weighted by atomic mass is 10.2. The van der Waals surface area contributed by atoms with Crippen LogP contribution in [-0.4, -0.2) is 9.97 Å². The van der Waals surface area contributed by atoms with Crippen molar-refractivity contribution in [3.05, 3.63) is 33.6 Å². The molecule has 1 heterocycles. The molecule has 0 unspecified atom stereocenters. The number of benzene rings is 1. The monoisotopic (exact) mass is 282 g/mol. The highest BCUT2D eigenvalue weighted by atomic mass is 79.9. The molecule has 1 aromatic heterocycles. The number of fused-ring (bicyclic) bond motifs is 1. The van der Waals surface area contributed by atoms with Crippen molar-refractivity contribution < 1.29 is 0 Å². The van der Waals surface area contributed by atoms with Crippen LogP contribution in [0.25, 0.3) is 10.9 Å². The summed E-state index contributed by atoms with van der Waals surface area (Å²) in [7, 11) is 0. The van der Waals surface area contributed by atoms with Crippen molar-refractivity contribution in [1.29, 1.82) is 0 Å². The maximum atomic E-state index is 6.13. The van der Waals surface area contributed by atoms with E-state index in [-0.39, 0.29) is 0 Å². The number of halogens is 2. The zero-order valence-electron chi connectivity index (χ0n) is 7.87. The lowest BCUT2D eigenvalue weighted by Crippen LogP contribution is -1.94. The van der Waals surface area contributed by atoms with E-state index in [4.69, 9.17) is 11.6 Å². The van der Waals surface area contributed by atoms with E-state index in [1.807, 2.05) is 18.2 Å². The molecule has 0 atom stereocenters. The predicted octanol–water partition coefficient (Wildman–Crippen LogP) is 3.92. The summed E-state index contributed by atoms with van der Waals surface area (Å²) in [4.78, 5) is 8.89. The Morgan fingerprint density at radius 3 is 2.80 bits per heavy atom. The van der Waals surface area contributed by atoms with Gasteiger partial charge in [0.25, 0.3) is 0 Å². The van der Waals surface area contributed by atoms with Gasteiger partial charge in [0.2, 0.25) is 0 Å². The summed E-state index contributed by atoms with van der Waals surface area (Å²) < 4.78 is 0.978. The number of para-hydroxylation sites is 1. The summed E-state index contributed by atoms with van der Waals surface area (Å²) in [5.74, 6) is 1.42. The Morgan fingerprint density at radius 1 is 1.27 bits per heavy atom. The van der Waals surface area contributed by atoms with Crippen molar-refractivity contribution in [1.82, 2.24) is 9.97 Å². The molecule has 15 heavy (non-hydrogen) atoms. The summed E-state index contributed by atoms with van der Waals surface area (Å²) in [5, 5.41) is 1.47. The predicted molar refractivity (Wildman–Crippen MR) is 64.2 cm³/mol. The van der Waals surface area contributed by atoms with Crippen molar-refractivity contribution in [2.24, 2.45) is 0 Å². The molecule has 1 aliphatic rings. The summed E-state index contributed by atoms with van der Waals surface area (Å²) in [6.07, 6.45) is 2.37. The minimum absolute atomic E-state index is 0.527. The Labute approximate surface area is 101 Å². The van der Waals surface area contributed by atoms with Crippen LogP contribution in [0.15, 0.2) is 22.7 Å². The first kappa shape index (κ1) is 9.55. The fourth-order valence-electron chi connectivity index (χ4n) is 1.62. The SMILES string of the molecule is Clc1nc(C2CC2)nc2c(Br)cccc12. The fraction of sp³-hybridized carbons (Fsp3) is 0.273. The Balaban J connectivity index is 2.32. The van der Waals surface area contributed by atoms with Gasteiger partial charge in [0.15, 0.2) is 0 Å². The molecule has 1 aliphatic carbocycles. The zero-order valence-corrected chi connectivity index (χ0v) is 10.2. The van der Waals surface area contributed by atoms with Crippen LogP contribution in [0, 0.1) is 0 Å². The van der Waals surface area contributed by atoms with Gasteiger partial charge in [-0.1, -0.05) is 17.7 Å². The van der Waals surface area contributed by atoms with Crippen LogP contribution in [0.3, 0.4) is 0 Å². The Kier molecular flexibility index (Phi) is 2.18. The summed E-state index contributed by atoms with van der Waals surface area (Å²) in [6, 6.07) is 5.86. The van der Waals surface area contributed by atoms with Crippen LogP contribution >= 0.6 is 27.5 Å². The highest BCUT2D eigenvalue weighted by Gasteiger charge is 2.27. The summed E-state index contributed by atoms with van der Waals surface area (Å²) in [6.45, 7) is 0. The number of nitrogens with zero attached hydrogens (tertiary/aromatic N) is 2. The van der Waals surface area contributed by atoms with E-state index in [1.165, 1.54) is 12.8 Å². The van der Waals surface area contributed by atoms with Crippen LogP contribution in [0.1, 0.15) is 24.6 Å². The smallest absolute Gasteiger partial charge is 0.140 e. The zero-order chi connectivity index (χ0) is 10.4. The summed E-state index contributed by atoms with van der Waals surface area (Å²) in [5.41, 5.74) is 0.916. The van der Waals surface area contributed by atoms with E-state index >= 15 is 0 Å². The molecule has 3 rings (SSSR count). The van der Waals surface area contributed by atoms with E-state index < -0.39 is 0 Å². The van der Waals surface area contributed by atoms with Gasteiger partial charge in [0.05, 0.1) is 5.52 Å². The third kappa shape index (κ3) is 1.64. The molecule has 0 radical (unpaired) electrons. The maximum absolute atomic E-state index is 6.13. The quantitative estimate of drug-likeness (QED) is 0.741. The van der Waals surface area contributed by atoms with Gasteiger partial charge in [0, 0.05) is 15.8 Å². The van der Waals surface area contributed by atoms with E-state index in [2.05, 4.69) is 25.9 Å². The third-order valence-electron chi connectivity index (χ3n) is 2.59. The molecule has 4 heteroatoms. The molecule has 1 fully saturated rings. The molecule has 1 saturated carbocycles. The summed E-state index contributed by atoms with van der Waals surface area (Å²) >= 11 is 9.62. The topological polar surface area (TPSA) is 25.8 Å². The highest BCUT2D eigenvalue weighted by molar-refractivity contribution is 9.10. The second kappa shape index (κ2) is 3.42. The van der Waals surface area contributed by atoms with Gasteiger partial charge in [0.1, 0.15) is 11.0 Å². The number of hydrogen-bond acceptors (Lipinski definition) is 2. The minimum atomic E-state index is 0.527. The van der Waals surface area contributed by atoms with Gasteiger partial charge in [-0.25, -0.2) is 9.97 Å². The third-order valence-corrected chi connectivity index (χ3v) is 3.52. The second-order valence-corrected chi connectivity index (χ2v) is 5.00. The van der Waals surface area contributed by atoms with Crippen LogP contribution in [0.4, 0.5) is 0 Å². The van der Waals surface area contributed by atoms with Crippen LogP contribution in [0.5, 0.6) is 0 Å². The standard InChI is InChI=1S/C11H8BrClN2/c12-8-3-1-2-7-9(8)14-11(6-4-5-6)15-10(7)13/h1-3,6H,4-5H2. The van der Waals surface area contributed by atoms with Gasteiger partial charge >= 0.3 is 0 Å². The van der Waals surface area contributed by atoms with Gasteiger partial charge in [-0.15, -0.1) is 0 Å². The molecule has 2 aromatic rings. The first-order chi connectivity index (χ1) is 7.25. The largest absolute Gasteiger partial charge is 0.231 e. The second-order valence-electron chi connectivity index (χ2n) is 3.78. The van der Waals surface area contributed by atoms with Crippen molar-refractivity contribution in [2.75, 3.05) is 0 Å². The molecule has 0 bridgehead atoms. The van der Waals surface area contributed by atoms with Crippen molar-refractivity contribution in [2.45, 2.75) is 18.8 Å². The molecule has 0 saturated heterocycles. The molecule has 0 amide bonds. The maximum Gasteiger partial charge on any atom is 0.140 e. The number of hydrogen-bond donors (Lipinski definition) is 0. The van der Waals surface area contributed by atoms with Crippen molar-refractivity contribution in [3.63, 3.8) is 0 Å². The van der Waals surface area contributed by atoms with E-state index in [1.54, 1.807) is 0 Å². The molecule has 1 aromatic carbocycles. The van der Waals surface area contributed by atoms with Crippen LogP contribution in [-0.2, 0) is 0 Å². The van der Waals surface area contributed by atoms with E-state index in [0.29, 0.717) is 11.1 Å². The Hall–Kier alpha value is -0.670. The highest BCUT2D eigenvalue weighted by Crippen LogP contribution is 2.39. The van der Waals surface area contributed by atoms with Gasteiger partial charge in [-0.2, -0.15) is 0 Å². The van der Waals surface area contributed by atoms with Gasteiger partial charge in [-0.05, 0) is 40.9 Å². The van der Waals surface area contributed by atoms with Gasteiger partial charge < -0.3 is 0 Å². The molecule has 76 valence electrons. The van der Waals surface area contributed by atoms with Crippen molar-refractivity contribution in [3.8, 4) is 0 Å². The number of aromatic nitrogens is 2. The molecule has 2 nitrogen and oxygen atoms in total. The van der Waals surface area contributed by atoms with E-state index in [0.717, 1.165) is 21.2 Å². The molecule has 0 N–H and O–H groups in total. The first-order valence-corrected chi connectivity index (χ1v) is 6.04. The van der Waals surface area contributed by atoms with Crippen LogP contribution < -0.4 is 0 Å². The Morgan fingerprint density at radius 2 is 2.07 bits per heavy atom. The molecular weight excluding hydrogens is 275 g/mol. The molecular formula is C11H8BrClN2. The molecule has 0 spiro atoms. The Bertz CT molecular complexity index is 537. The average molecular weight is 284 g/mol. The van der Waals surface area contributed by atoms with Crippen LogP contribution in [0.2, 0.25) is 5.15 Å². The first-order valence-electron chi connectivity index (χ1n) is 4.87.